The zero-order valence-electron chi connectivity index (χ0n) is 15.0. The van der Waals surface area contributed by atoms with Crippen LogP contribution in [0.5, 0.6) is 0 Å². The zero-order chi connectivity index (χ0) is 19.5. The summed E-state index contributed by atoms with van der Waals surface area (Å²) in [5.74, 6) is 0. The number of sulfone groups is 1. The van der Waals surface area contributed by atoms with Gasteiger partial charge < -0.3 is 0 Å². The maximum atomic E-state index is 13.2. The van der Waals surface area contributed by atoms with Crippen molar-refractivity contribution in [3.63, 3.8) is 0 Å². The van der Waals surface area contributed by atoms with Crippen molar-refractivity contribution in [3.05, 3.63) is 60.2 Å². The van der Waals surface area contributed by atoms with Crippen molar-refractivity contribution in [2.24, 2.45) is 0 Å². The first kappa shape index (κ1) is 19.7. The van der Waals surface area contributed by atoms with Crippen LogP contribution in [0.25, 0.3) is 5.57 Å². The summed E-state index contributed by atoms with van der Waals surface area (Å²) < 4.78 is 32.1. The Morgan fingerprint density at radius 1 is 1.11 bits per heavy atom. The van der Waals surface area contributed by atoms with E-state index in [0.29, 0.717) is 5.02 Å². The van der Waals surface area contributed by atoms with Crippen molar-refractivity contribution in [1.82, 2.24) is 5.32 Å². The summed E-state index contributed by atoms with van der Waals surface area (Å²) in [5.41, 5.74) is 2.20. The van der Waals surface area contributed by atoms with Crippen LogP contribution in [0.4, 0.5) is 0 Å². The van der Waals surface area contributed by atoms with E-state index in [1.54, 1.807) is 33.9 Å². The number of hydrogen-bond donors (Lipinski definition) is 2. The van der Waals surface area contributed by atoms with Crippen LogP contribution < -0.4 is 5.32 Å². The summed E-state index contributed by atoms with van der Waals surface area (Å²) in [6, 6.07) is 11.9. The Hall–Kier alpha value is -0.200. The molecule has 4 aliphatic rings. The average Bonchev–Trinajstić information content (AvgIpc) is 2.91. The van der Waals surface area contributed by atoms with Gasteiger partial charge in [-0.25, -0.2) is 0 Å². The molecule has 0 radical (unpaired) electrons. The second-order valence-corrected chi connectivity index (χ2v) is 25.8. The van der Waals surface area contributed by atoms with Crippen molar-refractivity contribution < 1.29 is 13.5 Å². The summed E-state index contributed by atoms with van der Waals surface area (Å²) in [7, 11) is -3.63. The Balaban J connectivity index is 1.74. The summed E-state index contributed by atoms with van der Waals surface area (Å²) in [6.45, 7) is 0.932. The predicted molar refractivity (Wildman–Crippen MR) is 130 cm³/mol. The van der Waals surface area contributed by atoms with Gasteiger partial charge in [0.15, 0.2) is 0 Å². The van der Waals surface area contributed by atoms with E-state index in [2.05, 4.69) is 5.32 Å². The molecule has 0 amide bonds. The van der Waals surface area contributed by atoms with Crippen molar-refractivity contribution >= 4 is 66.6 Å². The van der Waals surface area contributed by atoms with Gasteiger partial charge >= 0.3 is 186 Å². The SMILES string of the molecule is O=S(=O)(c1ccccc1)c1cc(Cl)c2c(c1)C1=C(CCNC1CO)I1CI2C1. The zero-order valence-corrected chi connectivity index (χ0v) is 20.8. The minimum absolute atomic E-state index is 0.0315. The Morgan fingerprint density at radius 2 is 1.86 bits per heavy atom. The Kier molecular flexibility index (Phi) is 5.28. The quantitative estimate of drug-likeness (QED) is 0.386. The van der Waals surface area contributed by atoms with Gasteiger partial charge in [0, 0.05) is 0 Å². The van der Waals surface area contributed by atoms with Gasteiger partial charge in [-0.3, -0.25) is 0 Å². The van der Waals surface area contributed by atoms with Gasteiger partial charge in [-0.1, -0.05) is 0 Å². The van der Waals surface area contributed by atoms with Crippen LogP contribution in [-0.2, 0) is 9.84 Å². The molecule has 0 aromatic heterocycles. The van der Waals surface area contributed by atoms with Crippen LogP contribution in [0.2, 0.25) is 5.02 Å². The van der Waals surface area contributed by atoms with Gasteiger partial charge in [0.2, 0.25) is 0 Å². The Morgan fingerprint density at radius 3 is 2.57 bits per heavy atom. The predicted octanol–water partition coefficient (Wildman–Crippen LogP) is 4.36. The van der Waals surface area contributed by atoms with Gasteiger partial charge in [-0.15, -0.1) is 0 Å². The van der Waals surface area contributed by atoms with E-state index >= 15 is 0 Å². The molecule has 1 fully saturated rings. The number of benzene rings is 2. The second-order valence-electron chi connectivity index (χ2n) is 6.96. The van der Waals surface area contributed by atoms with E-state index in [1.807, 2.05) is 12.1 Å². The molecule has 4 heterocycles. The van der Waals surface area contributed by atoms with Crippen LogP contribution in [0.15, 0.2) is 55.8 Å². The van der Waals surface area contributed by atoms with Gasteiger partial charge in [0.05, 0.1) is 0 Å². The number of aliphatic hydroxyl groups excluding tert-OH is 1. The molecule has 1 saturated heterocycles. The molecule has 28 heavy (non-hydrogen) atoms. The fourth-order valence-corrected chi connectivity index (χ4v) is 32.4. The van der Waals surface area contributed by atoms with Gasteiger partial charge in [-0.2, -0.15) is 0 Å². The first-order valence-electron chi connectivity index (χ1n) is 8.95. The van der Waals surface area contributed by atoms with Crippen molar-refractivity contribution in [2.45, 2.75) is 22.3 Å². The molecule has 1 atom stereocenters. The van der Waals surface area contributed by atoms with Crippen LogP contribution in [-0.4, -0.2) is 37.6 Å². The van der Waals surface area contributed by atoms with Crippen LogP contribution >= 0.6 is 51.2 Å². The molecule has 2 N–H and O–H groups in total. The monoisotopic (exact) mass is 643 g/mol. The molecule has 2 aromatic carbocycles. The first-order valence-corrected chi connectivity index (χ1v) is 19.1. The number of nitrogens with one attached hydrogen (secondary N) is 1. The third kappa shape index (κ3) is 3.08. The second kappa shape index (κ2) is 7.49. The summed E-state index contributed by atoms with van der Waals surface area (Å²) in [6.07, 6.45) is 1.04. The van der Waals surface area contributed by atoms with E-state index in [0.717, 1.165) is 18.5 Å². The van der Waals surface area contributed by atoms with Gasteiger partial charge in [-0.05, 0) is 0 Å². The fraction of sp³-hybridized carbons (Fsp3) is 0.300. The standard InChI is InChI=1S/C20H20ClI2NO3S/c21-16-9-14(28(26,27)13-4-2-1-3-5-13)8-15-19-17(6-7-24-18(19)10-25)22-11-23(12-22)20(15)16/h1-5,8-9,18,24-25H,6-7,10-12H2. The number of hydrogen-bond acceptors (Lipinski definition) is 4. The molecule has 4 aliphatic heterocycles. The van der Waals surface area contributed by atoms with E-state index in [4.69, 9.17) is 11.6 Å². The number of aliphatic hydroxyl groups is 1. The molecule has 6 rings (SSSR count). The average molecular weight is 644 g/mol. The Labute approximate surface area is 184 Å². The molecule has 2 aromatic rings. The van der Waals surface area contributed by atoms with Crippen molar-refractivity contribution in [2.75, 3.05) is 18.0 Å². The molecule has 0 saturated carbocycles. The topological polar surface area (TPSA) is 66.4 Å². The molecule has 2 bridgehead atoms. The molecule has 150 valence electrons. The van der Waals surface area contributed by atoms with Crippen LogP contribution in [0, 0.1) is 3.57 Å². The summed E-state index contributed by atoms with van der Waals surface area (Å²) in [5, 5.41) is 14.0. The first-order chi connectivity index (χ1) is 13.5. The molecule has 1 unspecified atom stereocenters. The van der Waals surface area contributed by atoms with E-state index in [9.17, 15) is 13.5 Å². The molecular weight excluding hydrogens is 624 g/mol. The number of rotatable bonds is 3. The Bertz CT molecular complexity index is 1080. The third-order valence-electron chi connectivity index (χ3n) is 5.29. The van der Waals surface area contributed by atoms with Crippen LogP contribution in [0.3, 0.4) is 0 Å². The molecule has 0 spiro atoms. The number of alkyl halides is 4. The molecular formula is C20H20ClI2NO3S. The van der Waals surface area contributed by atoms with E-state index in [-0.39, 0.29) is 22.4 Å². The molecule has 8 heteroatoms. The molecule has 0 aliphatic carbocycles. The van der Waals surface area contributed by atoms with Crippen molar-refractivity contribution in [1.29, 1.82) is 0 Å². The van der Waals surface area contributed by atoms with Crippen molar-refractivity contribution in [3.8, 4) is 0 Å². The van der Waals surface area contributed by atoms with Gasteiger partial charge in [0.1, 0.15) is 0 Å². The van der Waals surface area contributed by atoms with E-state index in [1.165, 1.54) is 14.0 Å². The molecule has 4 nitrogen and oxygen atoms in total. The van der Waals surface area contributed by atoms with Gasteiger partial charge in [0.25, 0.3) is 0 Å². The summed E-state index contributed by atoms with van der Waals surface area (Å²) in [4.78, 5) is 0.546. The maximum absolute atomic E-state index is 13.2. The fourth-order valence-electron chi connectivity index (χ4n) is 3.96. The third-order valence-corrected chi connectivity index (χ3v) is 34.8. The normalized spacial score (nSPS) is 23.6. The van der Waals surface area contributed by atoms with Crippen LogP contribution in [0.1, 0.15) is 12.0 Å². The van der Waals surface area contributed by atoms with E-state index < -0.39 is 49.5 Å². The summed E-state index contributed by atoms with van der Waals surface area (Å²) >= 11 is 4.32. The number of halogens is 3. The minimum atomic E-state index is -3.63.